The number of nitrogens with one attached hydrogen (secondary N) is 2. The quantitative estimate of drug-likeness (QED) is 0.579. The van der Waals surface area contributed by atoms with Crippen LogP contribution in [0.4, 0.5) is 5.69 Å². The molecule has 0 aromatic heterocycles. The zero-order chi connectivity index (χ0) is 15.5. The summed E-state index contributed by atoms with van der Waals surface area (Å²) < 4.78 is -1.75. The van der Waals surface area contributed by atoms with Crippen molar-refractivity contribution in [3.63, 3.8) is 0 Å². The van der Waals surface area contributed by atoms with E-state index in [0.29, 0.717) is 10.7 Å². The lowest BCUT2D eigenvalue weighted by Crippen LogP contribution is -2.50. The largest absolute Gasteiger partial charge is 0.361 e. The van der Waals surface area contributed by atoms with Gasteiger partial charge >= 0.3 is 0 Å². The molecule has 0 heterocycles. The molecule has 112 valence electrons. The molecule has 1 atom stereocenters. The van der Waals surface area contributed by atoms with Gasteiger partial charge in [-0.3, -0.25) is 4.79 Å². The molecule has 1 aromatic rings. The molecule has 1 rings (SSSR count). The molecule has 0 aliphatic heterocycles. The lowest BCUT2D eigenvalue weighted by atomic mass is 10.2. The third-order valence-electron chi connectivity index (χ3n) is 2.39. The van der Waals surface area contributed by atoms with Crippen molar-refractivity contribution in [2.45, 2.75) is 23.8 Å². The number of hydrogen-bond acceptors (Lipinski definition) is 2. The first-order valence-electron chi connectivity index (χ1n) is 5.70. The van der Waals surface area contributed by atoms with Gasteiger partial charge in [-0.05, 0) is 12.1 Å². The van der Waals surface area contributed by atoms with Crippen LogP contribution in [-0.2, 0) is 4.79 Å². The average molecular weight is 379 g/mol. The first-order valence-corrected chi connectivity index (χ1v) is 7.59. The second-order valence-electron chi connectivity index (χ2n) is 4.38. The minimum absolute atomic E-state index is 0.249. The molecule has 20 heavy (non-hydrogen) atoms. The molecular formula is C12H13Cl5N2O. The van der Waals surface area contributed by atoms with Crippen LogP contribution in [0, 0.1) is 5.92 Å². The summed E-state index contributed by atoms with van der Waals surface area (Å²) in [5.41, 5.74) is 0.458. The maximum atomic E-state index is 11.8. The molecule has 1 aromatic carbocycles. The number of hydrogen-bond donors (Lipinski definition) is 2. The molecule has 0 bridgehead atoms. The first kappa shape index (κ1) is 18.0. The van der Waals surface area contributed by atoms with E-state index in [4.69, 9.17) is 58.0 Å². The highest BCUT2D eigenvalue weighted by atomic mass is 35.6. The zero-order valence-corrected chi connectivity index (χ0v) is 14.5. The molecule has 0 radical (unpaired) electrons. The predicted octanol–water partition coefficient (Wildman–Crippen LogP) is 4.87. The average Bonchev–Trinajstić information content (AvgIpc) is 2.32. The maximum absolute atomic E-state index is 11.8. The molecule has 0 spiro atoms. The molecule has 2 N–H and O–H groups in total. The van der Waals surface area contributed by atoms with Crippen molar-refractivity contribution in [2.24, 2.45) is 5.92 Å². The summed E-state index contributed by atoms with van der Waals surface area (Å²) in [6.45, 7) is 3.47. The van der Waals surface area contributed by atoms with Gasteiger partial charge in [0.25, 0.3) is 0 Å². The summed E-state index contributed by atoms with van der Waals surface area (Å²) in [6.07, 6.45) is -0.946. The van der Waals surface area contributed by atoms with E-state index in [1.54, 1.807) is 32.0 Å². The van der Waals surface area contributed by atoms with Crippen molar-refractivity contribution >= 4 is 69.6 Å². The molecule has 0 aliphatic carbocycles. The maximum Gasteiger partial charge on any atom is 0.228 e. The Morgan fingerprint density at radius 1 is 1.20 bits per heavy atom. The molecule has 0 aliphatic rings. The molecule has 8 heteroatoms. The van der Waals surface area contributed by atoms with Gasteiger partial charge in [-0.2, -0.15) is 0 Å². The minimum Gasteiger partial charge on any atom is -0.361 e. The van der Waals surface area contributed by atoms with E-state index in [9.17, 15) is 4.79 Å². The summed E-state index contributed by atoms with van der Waals surface area (Å²) in [4.78, 5) is 11.8. The lowest BCUT2D eigenvalue weighted by Gasteiger charge is -2.28. The zero-order valence-electron chi connectivity index (χ0n) is 10.7. The third-order valence-corrected chi connectivity index (χ3v) is 3.86. The van der Waals surface area contributed by atoms with E-state index in [0.717, 1.165) is 0 Å². The van der Waals surface area contributed by atoms with E-state index in [2.05, 4.69) is 10.6 Å². The minimum atomic E-state index is -1.75. The highest BCUT2D eigenvalue weighted by molar-refractivity contribution is 6.68. The van der Waals surface area contributed by atoms with Crippen LogP contribution in [0.3, 0.4) is 0 Å². The number of benzene rings is 1. The van der Waals surface area contributed by atoms with Gasteiger partial charge in [0.1, 0.15) is 6.17 Å². The summed E-state index contributed by atoms with van der Waals surface area (Å²) in [6, 6.07) is 4.99. The molecule has 3 nitrogen and oxygen atoms in total. The Morgan fingerprint density at radius 2 is 1.80 bits per heavy atom. The SMILES string of the molecule is CC(C)C(=O)N[C@H](Nc1cccc(Cl)c1Cl)C(Cl)(Cl)Cl. The Bertz CT molecular complexity index is 487. The van der Waals surface area contributed by atoms with Crippen LogP contribution < -0.4 is 10.6 Å². The molecule has 1 amide bonds. The number of amides is 1. The van der Waals surface area contributed by atoms with Crippen LogP contribution in [0.5, 0.6) is 0 Å². The fourth-order valence-corrected chi connectivity index (χ4v) is 1.96. The standard InChI is InChI=1S/C12H13Cl5N2O/c1-6(2)10(20)19-11(12(15,16)17)18-8-5-3-4-7(13)9(8)14/h3-6,11,18H,1-2H3,(H,19,20)/t11-/m0/s1. The van der Waals surface area contributed by atoms with Crippen LogP contribution >= 0.6 is 58.0 Å². The topological polar surface area (TPSA) is 41.1 Å². The summed E-state index contributed by atoms with van der Waals surface area (Å²) in [5, 5.41) is 6.11. The van der Waals surface area contributed by atoms with E-state index >= 15 is 0 Å². The van der Waals surface area contributed by atoms with Gasteiger partial charge in [0.15, 0.2) is 0 Å². The Labute approximate surface area is 142 Å². The Balaban J connectivity index is 2.96. The van der Waals surface area contributed by atoms with E-state index in [1.165, 1.54) is 0 Å². The Morgan fingerprint density at radius 3 is 2.30 bits per heavy atom. The second kappa shape index (κ2) is 7.28. The van der Waals surface area contributed by atoms with Gasteiger partial charge < -0.3 is 10.6 Å². The third kappa shape index (κ3) is 5.05. The van der Waals surface area contributed by atoms with Gasteiger partial charge in [-0.1, -0.05) is 77.9 Å². The molecular weight excluding hydrogens is 365 g/mol. The predicted molar refractivity (Wildman–Crippen MR) is 87.1 cm³/mol. The van der Waals surface area contributed by atoms with Gasteiger partial charge in [0.2, 0.25) is 9.70 Å². The van der Waals surface area contributed by atoms with Crippen LogP contribution in [0.15, 0.2) is 18.2 Å². The first-order chi connectivity index (χ1) is 9.12. The van der Waals surface area contributed by atoms with Crippen LogP contribution in [0.1, 0.15) is 13.8 Å². The van der Waals surface area contributed by atoms with E-state index < -0.39 is 9.96 Å². The summed E-state index contributed by atoms with van der Waals surface area (Å²) in [5.74, 6) is -0.506. The fourth-order valence-electron chi connectivity index (χ4n) is 1.28. The summed E-state index contributed by atoms with van der Waals surface area (Å²) in [7, 11) is 0. The molecule has 0 fully saturated rings. The van der Waals surface area contributed by atoms with Crippen molar-refractivity contribution in [2.75, 3.05) is 5.32 Å². The second-order valence-corrected chi connectivity index (χ2v) is 7.54. The Hall–Kier alpha value is -0.0600. The van der Waals surface area contributed by atoms with E-state index in [1.807, 2.05) is 0 Å². The lowest BCUT2D eigenvalue weighted by molar-refractivity contribution is -0.124. The van der Waals surface area contributed by atoms with Crippen molar-refractivity contribution in [3.05, 3.63) is 28.2 Å². The fraction of sp³-hybridized carbons (Fsp3) is 0.417. The monoisotopic (exact) mass is 376 g/mol. The van der Waals surface area contributed by atoms with Gasteiger partial charge in [0, 0.05) is 5.92 Å². The number of alkyl halides is 3. The highest BCUT2D eigenvalue weighted by Gasteiger charge is 2.34. The number of rotatable bonds is 4. The summed E-state index contributed by atoms with van der Waals surface area (Å²) >= 11 is 29.6. The smallest absolute Gasteiger partial charge is 0.228 e. The van der Waals surface area contributed by atoms with E-state index in [-0.39, 0.29) is 16.8 Å². The van der Waals surface area contributed by atoms with Crippen LogP contribution in [0.25, 0.3) is 0 Å². The molecule has 0 saturated heterocycles. The van der Waals surface area contributed by atoms with Gasteiger partial charge in [-0.15, -0.1) is 0 Å². The highest BCUT2D eigenvalue weighted by Crippen LogP contribution is 2.35. The van der Waals surface area contributed by atoms with Crippen LogP contribution in [-0.4, -0.2) is 15.9 Å². The number of anilines is 1. The van der Waals surface area contributed by atoms with Gasteiger partial charge in [0.05, 0.1) is 15.7 Å². The number of halogens is 5. The van der Waals surface area contributed by atoms with Gasteiger partial charge in [-0.25, -0.2) is 0 Å². The molecule has 0 saturated carbocycles. The van der Waals surface area contributed by atoms with Crippen molar-refractivity contribution in [3.8, 4) is 0 Å². The molecule has 0 unspecified atom stereocenters. The number of carbonyl (C=O) groups excluding carboxylic acids is 1. The van der Waals surface area contributed by atoms with Crippen molar-refractivity contribution in [1.29, 1.82) is 0 Å². The number of carbonyl (C=O) groups is 1. The van der Waals surface area contributed by atoms with Crippen molar-refractivity contribution < 1.29 is 4.79 Å². The van der Waals surface area contributed by atoms with Crippen LogP contribution in [0.2, 0.25) is 10.0 Å². The van der Waals surface area contributed by atoms with Crippen molar-refractivity contribution in [1.82, 2.24) is 5.32 Å². The normalized spacial score (nSPS) is 13.2. The Kier molecular flexibility index (Phi) is 6.55.